The van der Waals surface area contributed by atoms with Crippen molar-refractivity contribution in [3.05, 3.63) is 53.1 Å². The van der Waals surface area contributed by atoms with Crippen LogP contribution in [0.2, 0.25) is 0 Å². The SMILES string of the molecule is COOC(=O)c1cc(C(=O)O)nn1Cc1ccc(F)cc1. The summed E-state index contributed by atoms with van der Waals surface area (Å²) in [6.45, 7) is 0.0850. The predicted molar refractivity (Wildman–Crippen MR) is 67.1 cm³/mol. The lowest BCUT2D eigenvalue weighted by molar-refractivity contribution is -0.216. The Morgan fingerprint density at radius 3 is 2.57 bits per heavy atom. The number of carbonyl (C=O) groups is 2. The third-order valence-corrected chi connectivity index (χ3v) is 2.61. The lowest BCUT2D eigenvalue weighted by Gasteiger charge is -2.06. The van der Waals surface area contributed by atoms with Gasteiger partial charge in [-0.3, -0.25) is 9.57 Å². The zero-order valence-electron chi connectivity index (χ0n) is 10.9. The molecule has 0 spiro atoms. The molecule has 0 fully saturated rings. The normalized spacial score (nSPS) is 10.4. The Bertz CT molecular complexity index is 666. The summed E-state index contributed by atoms with van der Waals surface area (Å²) in [4.78, 5) is 31.2. The number of aromatic nitrogens is 2. The number of benzene rings is 1. The summed E-state index contributed by atoms with van der Waals surface area (Å²) in [7, 11) is 1.15. The molecule has 2 aromatic rings. The molecule has 21 heavy (non-hydrogen) atoms. The summed E-state index contributed by atoms with van der Waals surface area (Å²) in [5, 5.41) is 12.7. The van der Waals surface area contributed by atoms with E-state index in [4.69, 9.17) is 5.11 Å². The van der Waals surface area contributed by atoms with Crippen molar-refractivity contribution in [3.63, 3.8) is 0 Å². The van der Waals surface area contributed by atoms with Gasteiger partial charge < -0.3 is 5.11 Å². The molecule has 7 nitrogen and oxygen atoms in total. The molecule has 0 aliphatic rings. The van der Waals surface area contributed by atoms with E-state index in [1.165, 1.54) is 24.3 Å². The van der Waals surface area contributed by atoms with Crippen LogP contribution in [-0.4, -0.2) is 33.9 Å². The summed E-state index contributed by atoms with van der Waals surface area (Å²) in [5.41, 5.74) is 0.252. The maximum absolute atomic E-state index is 12.9. The number of carboxylic acid groups (broad SMARTS) is 1. The second-order valence-electron chi connectivity index (χ2n) is 4.04. The average molecular weight is 294 g/mol. The monoisotopic (exact) mass is 294 g/mol. The number of carboxylic acids is 1. The van der Waals surface area contributed by atoms with E-state index < -0.39 is 17.8 Å². The Balaban J connectivity index is 2.34. The first-order valence-electron chi connectivity index (χ1n) is 5.82. The van der Waals surface area contributed by atoms with Gasteiger partial charge >= 0.3 is 11.9 Å². The molecule has 1 aromatic heterocycles. The van der Waals surface area contributed by atoms with Crippen LogP contribution in [0.5, 0.6) is 0 Å². The van der Waals surface area contributed by atoms with Gasteiger partial charge in [0, 0.05) is 6.07 Å². The number of aromatic carboxylic acids is 1. The minimum atomic E-state index is -1.28. The Labute approximate surface area is 118 Å². The number of hydrogen-bond acceptors (Lipinski definition) is 5. The minimum Gasteiger partial charge on any atom is -0.476 e. The molecular weight excluding hydrogens is 283 g/mol. The molecule has 0 aliphatic carbocycles. The van der Waals surface area contributed by atoms with Crippen molar-refractivity contribution in [3.8, 4) is 0 Å². The lowest BCUT2D eigenvalue weighted by atomic mass is 10.2. The molecular formula is C13H11FN2O5. The second kappa shape index (κ2) is 6.14. The van der Waals surface area contributed by atoms with E-state index in [0.717, 1.165) is 17.9 Å². The Kier molecular flexibility index (Phi) is 4.29. The standard InChI is InChI=1S/C13H11FN2O5/c1-20-21-13(19)11-6-10(12(17)18)15-16(11)7-8-2-4-9(14)5-3-8/h2-6H,7H2,1H3,(H,17,18). The van der Waals surface area contributed by atoms with Crippen molar-refractivity contribution in [2.45, 2.75) is 6.54 Å². The zero-order valence-corrected chi connectivity index (χ0v) is 10.9. The molecule has 110 valence electrons. The van der Waals surface area contributed by atoms with Gasteiger partial charge in [-0.15, -0.1) is 0 Å². The molecule has 0 unspecified atom stereocenters. The highest BCUT2D eigenvalue weighted by Gasteiger charge is 2.20. The molecule has 1 N–H and O–H groups in total. The fourth-order valence-corrected chi connectivity index (χ4v) is 1.69. The summed E-state index contributed by atoms with van der Waals surface area (Å²) in [6, 6.07) is 6.59. The van der Waals surface area contributed by atoms with Crippen LogP contribution in [0.15, 0.2) is 30.3 Å². The van der Waals surface area contributed by atoms with Crippen molar-refractivity contribution in [1.29, 1.82) is 0 Å². The summed E-state index contributed by atoms with van der Waals surface area (Å²) < 4.78 is 14.0. The molecule has 0 atom stereocenters. The smallest absolute Gasteiger partial charge is 0.390 e. The van der Waals surface area contributed by atoms with Crippen LogP contribution in [-0.2, 0) is 16.3 Å². The fraction of sp³-hybridized carbons (Fsp3) is 0.154. The zero-order chi connectivity index (χ0) is 15.4. The molecule has 0 amide bonds. The predicted octanol–water partition coefficient (Wildman–Crippen LogP) is 1.49. The number of halogens is 1. The van der Waals surface area contributed by atoms with E-state index in [1.54, 1.807) is 0 Å². The topological polar surface area (TPSA) is 90.7 Å². The van der Waals surface area contributed by atoms with E-state index in [9.17, 15) is 14.0 Å². The van der Waals surface area contributed by atoms with E-state index in [0.29, 0.717) is 5.56 Å². The molecule has 0 saturated carbocycles. The van der Waals surface area contributed by atoms with Crippen molar-refractivity contribution in [2.75, 3.05) is 7.11 Å². The van der Waals surface area contributed by atoms with E-state index in [1.807, 2.05) is 0 Å². The van der Waals surface area contributed by atoms with Crippen LogP contribution in [0.4, 0.5) is 4.39 Å². The molecule has 2 rings (SSSR count). The van der Waals surface area contributed by atoms with E-state index >= 15 is 0 Å². The number of hydrogen-bond donors (Lipinski definition) is 1. The van der Waals surface area contributed by atoms with Crippen molar-refractivity contribution >= 4 is 11.9 Å². The van der Waals surface area contributed by atoms with Crippen LogP contribution in [0.1, 0.15) is 26.5 Å². The molecule has 0 bridgehead atoms. The van der Waals surface area contributed by atoms with Crippen molar-refractivity contribution in [2.24, 2.45) is 0 Å². The molecule has 1 heterocycles. The van der Waals surface area contributed by atoms with Gasteiger partial charge in [0.05, 0.1) is 13.7 Å². The second-order valence-corrected chi connectivity index (χ2v) is 4.04. The van der Waals surface area contributed by atoms with Gasteiger partial charge in [-0.05, 0) is 17.7 Å². The van der Waals surface area contributed by atoms with Gasteiger partial charge in [0.1, 0.15) is 5.82 Å². The Morgan fingerprint density at radius 1 is 1.33 bits per heavy atom. The minimum absolute atomic E-state index is 0.0847. The Morgan fingerprint density at radius 2 is 2.00 bits per heavy atom. The molecule has 1 aromatic carbocycles. The highest BCUT2D eigenvalue weighted by Crippen LogP contribution is 2.11. The number of carbonyl (C=O) groups excluding carboxylic acids is 1. The third-order valence-electron chi connectivity index (χ3n) is 2.61. The third kappa shape index (κ3) is 3.42. The first-order chi connectivity index (χ1) is 10.0. The van der Waals surface area contributed by atoms with Crippen LogP contribution < -0.4 is 0 Å². The van der Waals surface area contributed by atoms with Crippen LogP contribution in [0.25, 0.3) is 0 Å². The van der Waals surface area contributed by atoms with Gasteiger partial charge in [0.25, 0.3) is 0 Å². The van der Waals surface area contributed by atoms with Gasteiger partial charge in [-0.2, -0.15) is 9.99 Å². The van der Waals surface area contributed by atoms with Crippen LogP contribution in [0, 0.1) is 5.82 Å². The number of nitrogens with zero attached hydrogens (tertiary/aromatic N) is 2. The van der Waals surface area contributed by atoms with Crippen molar-refractivity contribution in [1.82, 2.24) is 9.78 Å². The summed E-state index contributed by atoms with van der Waals surface area (Å²) >= 11 is 0. The summed E-state index contributed by atoms with van der Waals surface area (Å²) in [6.07, 6.45) is 0. The fourth-order valence-electron chi connectivity index (χ4n) is 1.69. The largest absolute Gasteiger partial charge is 0.476 e. The highest BCUT2D eigenvalue weighted by atomic mass is 19.1. The molecule has 0 radical (unpaired) electrons. The number of rotatable bonds is 5. The maximum atomic E-state index is 12.9. The quantitative estimate of drug-likeness (QED) is 0.663. The first kappa shape index (κ1) is 14.7. The van der Waals surface area contributed by atoms with Gasteiger partial charge in [-0.1, -0.05) is 12.1 Å². The first-order valence-corrected chi connectivity index (χ1v) is 5.82. The van der Waals surface area contributed by atoms with Gasteiger partial charge in [-0.25, -0.2) is 14.0 Å². The lowest BCUT2D eigenvalue weighted by Crippen LogP contribution is -2.14. The van der Waals surface area contributed by atoms with Crippen molar-refractivity contribution < 1.29 is 28.9 Å². The summed E-state index contributed by atoms with van der Waals surface area (Å²) in [5.74, 6) is -2.55. The molecule has 8 heteroatoms. The van der Waals surface area contributed by atoms with Crippen LogP contribution >= 0.6 is 0 Å². The van der Waals surface area contributed by atoms with Gasteiger partial charge in [0.15, 0.2) is 11.4 Å². The maximum Gasteiger partial charge on any atom is 0.390 e. The van der Waals surface area contributed by atoms with Gasteiger partial charge in [0.2, 0.25) is 0 Å². The van der Waals surface area contributed by atoms with E-state index in [2.05, 4.69) is 14.9 Å². The average Bonchev–Trinajstić information content (AvgIpc) is 2.86. The highest BCUT2D eigenvalue weighted by molar-refractivity contribution is 5.92. The molecule has 0 saturated heterocycles. The molecule has 0 aliphatic heterocycles. The van der Waals surface area contributed by atoms with E-state index in [-0.39, 0.29) is 17.9 Å². The Hall–Kier alpha value is -2.74. The van der Waals surface area contributed by atoms with Crippen LogP contribution in [0.3, 0.4) is 0 Å².